The molecule has 0 aliphatic carbocycles. The Balaban J connectivity index is 0.00000676. The second kappa shape index (κ2) is 12.3. The number of aliphatic imine (C=N–C) groups is 1. The van der Waals surface area contributed by atoms with Crippen LogP contribution in [0.2, 0.25) is 0 Å². The Bertz CT molecular complexity index is 548. The maximum absolute atomic E-state index is 12.6. The van der Waals surface area contributed by atoms with Crippen molar-refractivity contribution in [2.45, 2.75) is 64.4 Å². The number of nitrogens with zero attached hydrogens (tertiary/aromatic N) is 2. The fourth-order valence-corrected chi connectivity index (χ4v) is 3.74. The van der Waals surface area contributed by atoms with Crippen LogP contribution in [-0.2, 0) is 10.0 Å². The van der Waals surface area contributed by atoms with E-state index in [4.69, 9.17) is 0 Å². The molecule has 0 aromatic heterocycles. The Kier molecular flexibility index (Phi) is 12.2. The molecule has 0 spiro atoms. The van der Waals surface area contributed by atoms with Gasteiger partial charge in [-0.15, -0.1) is 24.0 Å². The number of piperidine rings is 1. The molecule has 1 saturated heterocycles. The molecule has 11 heteroatoms. The van der Waals surface area contributed by atoms with Crippen LogP contribution >= 0.6 is 24.0 Å². The molecule has 162 valence electrons. The Morgan fingerprint density at radius 3 is 2.30 bits per heavy atom. The number of sulfonamides is 1. The standard InChI is InChI=1S/C16H31F3N4O2S.HI/c1-4-20-15(21-10-6-5-7-13(2)3)22-14-8-11-23(12-9-14)26(24,25)16(17,18)19;/h13-14H,4-12H2,1-3H3,(H2,20,21,22);1H. The fraction of sp³-hybridized carbons (Fsp3) is 0.938. The van der Waals surface area contributed by atoms with Crippen molar-refractivity contribution < 1.29 is 21.6 Å². The zero-order valence-corrected chi connectivity index (χ0v) is 19.3. The summed E-state index contributed by atoms with van der Waals surface area (Å²) >= 11 is 0. The number of alkyl halides is 3. The second-order valence-corrected chi connectivity index (χ2v) is 8.85. The van der Waals surface area contributed by atoms with E-state index in [0.29, 0.717) is 42.1 Å². The summed E-state index contributed by atoms with van der Waals surface area (Å²) in [5, 5.41) is 6.33. The molecule has 0 aromatic carbocycles. The highest BCUT2D eigenvalue weighted by molar-refractivity contribution is 14.0. The molecule has 1 rings (SSSR count). The molecule has 0 saturated carbocycles. The lowest BCUT2D eigenvalue weighted by atomic mass is 10.1. The van der Waals surface area contributed by atoms with E-state index in [1.807, 2.05) is 6.92 Å². The Labute approximate surface area is 177 Å². The van der Waals surface area contributed by atoms with Crippen molar-refractivity contribution in [3.63, 3.8) is 0 Å². The first-order chi connectivity index (χ1) is 12.1. The minimum absolute atomic E-state index is 0. The lowest BCUT2D eigenvalue weighted by Crippen LogP contribution is -2.51. The molecule has 0 amide bonds. The van der Waals surface area contributed by atoms with E-state index in [0.717, 1.165) is 19.3 Å². The van der Waals surface area contributed by atoms with Crippen LogP contribution in [0.15, 0.2) is 4.99 Å². The molecule has 1 aliphatic rings. The summed E-state index contributed by atoms with van der Waals surface area (Å²) in [4.78, 5) is 4.49. The predicted octanol–water partition coefficient (Wildman–Crippen LogP) is 3.30. The third-order valence-corrected chi connectivity index (χ3v) is 5.86. The van der Waals surface area contributed by atoms with Crippen molar-refractivity contribution in [2.24, 2.45) is 10.9 Å². The number of hydrogen-bond donors (Lipinski definition) is 2. The van der Waals surface area contributed by atoms with E-state index in [1.165, 1.54) is 0 Å². The number of unbranched alkanes of at least 4 members (excludes halogenated alkanes) is 1. The van der Waals surface area contributed by atoms with Gasteiger partial charge in [0.1, 0.15) is 0 Å². The van der Waals surface area contributed by atoms with Gasteiger partial charge in [0.2, 0.25) is 0 Å². The zero-order chi connectivity index (χ0) is 19.8. The first-order valence-electron chi connectivity index (χ1n) is 9.19. The Hall–Kier alpha value is -0.300. The highest BCUT2D eigenvalue weighted by atomic mass is 127. The smallest absolute Gasteiger partial charge is 0.357 e. The summed E-state index contributed by atoms with van der Waals surface area (Å²) in [6.07, 6.45) is 3.87. The molecular weight excluding hydrogens is 496 g/mol. The molecule has 0 radical (unpaired) electrons. The van der Waals surface area contributed by atoms with Crippen LogP contribution in [0.4, 0.5) is 13.2 Å². The molecule has 0 aromatic rings. The molecule has 27 heavy (non-hydrogen) atoms. The van der Waals surface area contributed by atoms with Gasteiger partial charge in [0, 0.05) is 32.2 Å². The maximum atomic E-state index is 12.6. The molecule has 0 atom stereocenters. The summed E-state index contributed by atoms with van der Waals surface area (Å²) in [6, 6.07) is -0.0943. The predicted molar refractivity (Wildman–Crippen MR) is 113 cm³/mol. The van der Waals surface area contributed by atoms with Crippen molar-refractivity contribution in [1.82, 2.24) is 14.9 Å². The summed E-state index contributed by atoms with van der Waals surface area (Å²) in [5.74, 6) is 1.30. The van der Waals surface area contributed by atoms with E-state index in [2.05, 4.69) is 29.5 Å². The monoisotopic (exact) mass is 528 g/mol. The molecular formula is C16H32F3IN4O2S. The number of hydrogen-bond acceptors (Lipinski definition) is 3. The SMILES string of the molecule is CCNC(=NCCCCC(C)C)NC1CCN(S(=O)(=O)C(F)(F)F)CC1.I. The minimum Gasteiger partial charge on any atom is -0.357 e. The molecule has 6 nitrogen and oxygen atoms in total. The van der Waals surface area contributed by atoms with Gasteiger partial charge in [-0.05, 0) is 32.1 Å². The van der Waals surface area contributed by atoms with Crippen LogP contribution < -0.4 is 10.6 Å². The van der Waals surface area contributed by atoms with Crippen LogP contribution in [-0.4, -0.2) is 56.4 Å². The average Bonchev–Trinajstić information content (AvgIpc) is 2.53. The highest BCUT2D eigenvalue weighted by Crippen LogP contribution is 2.28. The number of rotatable bonds is 8. The zero-order valence-electron chi connectivity index (χ0n) is 16.2. The molecule has 0 bridgehead atoms. The first-order valence-corrected chi connectivity index (χ1v) is 10.6. The highest BCUT2D eigenvalue weighted by Gasteiger charge is 2.50. The van der Waals surface area contributed by atoms with Crippen LogP contribution in [0.25, 0.3) is 0 Å². The van der Waals surface area contributed by atoms with Crippen molar-refractivity contribution in [1.29, 1.82) is 0 Å². The molecule has 1 aliphatic heterocycles. The van der Waals surface area contributed by atoms with Crippen LogP contribution in [0, 0.1) is 5.92 Å². The quantitative estimate of drug-likeness (QED) is 0.220. The lowest BCUT2D eigenvalue weighted by Gasteiger charge is -2.32. The Morgan fingerprint density at radius 1 is 1.22 bits per heavy atom. The topological polar surface area (TPSA) is 73.8 Å². The van der Waals surface area contributed by atoms with Crippen LogP contribution in [0.3, 0.4) is 0 Å². The van der Waals surface area contributed by atoms with Gasteiger partial charge in [-0.25, -0.2) is 8.42 Å². The molecule has 1 heterocycles. The normalized spacial score (nSPS) is 17.7. The summed E-state index contributed by atoms with van der Waals surface area (Å²) < 4.78 is 61.2. The van der Waals surface area contributed by atoms with Crippen molar-refractivity contribution >= 4 is 40.0 Å². The number of nitrogens with one attached hydrogen (secondary N) is 2. The van der Waals surface area contributed by atoms with Crippen molar-refractivity contribution in [3.8, 4) is 0 Å². The van der Waals surface area contributed by atoms with Gasteiger partial charge in [-0.1, -0.05) is 26.7 Å². The summed E-state index contributed by atoms with van der Waals surface area (Å²) in [5.41, 5.74) is -5.24. The summed E-state index contributed by atoms with van der Waals surface area (Å²) in [7, 11) is -5.23. The van der Waals surface area contributed by atoms with E-state index in [-0.39, 0.29) is 43.1 Å². The van der Waals surface area contributed by atoms with Gasteiger partial charge >= 0.3 is 15.5 Å². The fourth-order valence-electron chi connectivity index (χ4n) is 2.76. The van der Waals surface area contributed by atoms with Crippen molar-refractivity contribution in [2.75, 3.05) is 26.2 Å². The van der Waals surface area contributed by atoms with Gasteiger partial charge < -0.3 is 10.6 Å². The van der Waals surface area contributed by atoms with Crippen molar-refractivity contribution in [3.05, 3.63) is 0 Å². The van der Waals surface area contributed by atoms with Gasteiger partial charge in [-0.2, -0.15) is 17.5 Å². The molecule has 1 fully saturated rings. The van der Waals surface area contributed by atoms with E-state index >= 15 is 0 Å². The second-order valence-electron chi connectivity index (χ2n) is 6.92. The number of halogens is 4. The van der Waals surface area contributed by atoms with E-state index < -0.39 is 15.5 Å². The van der Waals surface area contributed by atoms with Gasteiger partial charge in [0.05, 0.1) is 0 Å². The first kappa shape index (κ1) is 26.7. The molecule has 2 N–H and O–H groups in total. The van der Waals surface area contributed by atoms with Crippen LogP contribution in [0.5, 0.6) is 0 Å². The largest absolute Gasteiger partial charge is 0.511 e. The summed E-state index contributed by atoms with van der Waals surface area (Å²) in [6.45, 7) is 7.37. The number of guanidine groups is 1. The molecule has 0 unspecified atom stereocenters. The third-order valence-electron chi connectivity index (χ3n) is 4.23. The van der Waals surface area contributed by atoms with E-state index in [9.17, 15) is 21.6 Å². The van der Waals surface area contributed by atoms with Gasteiger partial charge in [0.15, 0.2) is 5.96 Å². The lowest BCUT2D eigenvalue weighted by molar-refractivity contribution is -0.0494. The van der Waals surface area contributed by atoms with Gasteiger partial charge in [-0.3, -0.25) is 4.99 Å². The minimum atomic E-state index is -5.24. The third kappa shape index (κ3) is 9.16. The maximum Gasteiger partial charge on any atom is 0.511 e. The Morgan fingerprint density at radius 2 is 1.81 bits per heavy atom. The average molecular weight is 528 g/mol. The van der Waals surface area contributed by atoms with E-state index in [1.54, 1.807) is 0 Å². The van der Waals surface area contributed by atoms with Gasteiger partial charge in [0.25, 0.3) is 0 Å². The van der Waals surface area contributed by atoms with Crippen LogP contribution in [0.1, 0.15) is 52.9 Å².